The summed E-state index contributed by atoms with van der Waals surface area (Å²) in [5, 5.41) is 15.5. The monoisotopic (exact) mass is 467 g/mol. The minimum atomic E-state index is -0.562. The molecule has 9 heteroatoms. The molecule has 0 spiro atoms. The van der Waals surface area contributed by atoms with Gasteiger partial charge in [-0.1, -0.05) is 17.7 Å². The second-order valence-corrected chi connectivity index (χ2v) is 7.62. The summed E-state index contributed by atoms with van der Waals surface area (Å²) in [4.78, 5) is 22.5. The number of hydrazone groups is 1. The molecule has 0 unspecified atom stereocenters. The molecule has 0 aliphatic carbocycles. The van der Waals surface area contributed by atoms with Crippen molar-refractivity contribution in [2.45, 2.75) is 20.5 Å². The topological polar surface area (TPSA) is 103 Å². The van der Waals surface area contributed by atoms with Crippen LogP contribution in [0.15, 0.2) is 59.7 Å². The number of ether oxygens (including phenoxy) is 2. The molecule has 0 atom stereocenters. The van der Waals surface area contributed by atoms with Crippen LogP contribution in [0.3, 0.4) is 0 Å². The predicted octanol–water partition coefficient (Wildman–Crippen LogP) is 5.22. The van der Waals surface area contributed by atoms with E-state index in [4.69, 9.17) is 21.1 Å². The Labute approximate surface area is 195 Å². The number of nitro groups is 1. The highest BCUT2D eigenvalue weighted by Gasteiger charge is 2.11. The quantitative estimate of drug-likeness (QED) is 0.278. The van der Waals surface area contributed by atoms with Gasteiger partial charge in [0.15, 0.2) is 0 Å². The summed E-state index contributed by atoms with van der Waals surface area (Å²) in [5.41, 5.74) is 5.69. The van der Waals surface area contributed by atoms with E-state index in [2.05, 4.69) is 10.5 Å². The Kier molecular flexibility index (Phi) is 7.63. The van der Waals surface area contributed by atoms with E-state index in [1.165, 1.54) is 30.5 Å². The fraction of sp³-hybridized carbons (Fsp3) is 0.167. The van der Waals surface area contributed by atoms with Crippen LogP contribution in [0.1, 0.15) is 32.6 Å². The molecule has 0 saturated carbocycles. The van der Waals surface area contributed by atoms with Gasteiger partial charge in [0.05, 0.1) is 18.2 Å². The first-order chi connectivity index (χ1) is 15.8. The van der Waals surface area contributed by atoms with Crippen LogP contribution in [0.4, 0.5) is 5.69 Å². The number of carbonyl (C=O) groups excluding carboxylic acids is 1. The summed E-state index contributed by atoms with van der Waals surface area (Å²) in [5.74, 6) is 0.787. The molecular weight excluding hydrogens is 446 g/mol. The number of amides is 1. The molecule has 3 aromatic carbocycles. The summed E-state index contributed by atoms with van der Waals surface area (Å²) >= 11 is 6.22. The molecular formula is C24H22ClN3O5. The van der Waals surface area contributed by atoms with Crippen molar-refractivity contribution in [1.82, 2.24) is 5.43 Å². The number of nitro benzene ring substituents is 1. The molecule has 0 heterocycles. The van der Waals surface area contributed by atoms with Crippen molar-refractivity contribution in [3.8, 4) is 11.5 Å². The lowest BCUT2D eigenvalue weighted by Crippen LogP contribution is -2.17. The number of methoxy groups -OCH3 is 1. The van der Waals surface area contributed by atoms with Gasteiger partial charge in [-0.25, -0.2) is 5.43 Å². The molecule has 3 aromatic rings. The average Bonchev–Trinajstić information content (AvgIpc) is 2.81. The fourth-order valence-electron chi connectivity index (χ4n) is 3.13. The Morgan fingerprint density at radius 2 is 1.88 bits per heavy atom. The van der Waals surface area contributed by atoms with Crippen molar-refractivity contribution >= 4 is 29.4 Å². The van der Waals surface area contributed by atoms with Gasteiger partial charge in [0, 0.05) is 28.3 Å². The molecule has 3 rings (SSSR count). The maximum atomic E-state index is 12.2. The lowest BCUT2D eigenvalue weighted by Gasteiger charge is -2.13. The molecule has 1 amide bonds. The minimum absolute atomic E-state index is 0.138. The van der Waals surface area contributed by atoms with Crippen molar-refractivity contribution in [3.05, 3.63) is 97.6 Å². The predicted molar refractivity (Wildman–Crippen MR) is 126 cm³/mol. The first kappa shape index (κ1) is 23.7. The first-order valence-corrected chi connectivity index (χ1v) is 10.3. The maximum absolute atomic E-state index is 12.2. The Hall–Kier alpha value is -3.91. The molecule has 8 nitrogen and oxygen atoms in total. The molecule has 0 radical (unpaired) electrons. The van der Waals surface area contributed by atoms with Gasteiger partial charge in [-0.2, -0.15) is 5.10 Å². The summed E-state index contributed by atoms with van der Waals surface area (Å²) in [6.07, 6.45) is 1.47. The van der Waals surface area contributed by atoms with Crippen LogP contribution in [0, 0.1) is 24.0 Å². The highest BCUT2D eigenvalue weighted by molar-refractivity contribution is 6.32. The van der Waals surface area contributed by atoms with E-state index in [1.54, 1.807) is 19.2 Å². The highest BCUT2D eigenvalue weighted by atomic mass is 35.5. The smallest absolute Gasteiger partial charge is 0.271 e. The molecule has 0 aromatic heterocycles. The van der Waals surface area contributed by atoms with Crippen LogP contribution in [-0.4, -0.2) is 24.2 Å². The summed E-state index contributed by atoms with van der Waals surface area (Å²) in [6, 6.07) is 14.5. The Morgan fingerprint density at radius 1 is 1.15 bits per heavy atom. The molecule has 0 fully saturated rings. The van der Waals surface area contributed by atoms with Gasteiger partial charge in [0.25, 0.3) is 11.6 Å². The molecule has 0 saturated heterocycles. The maximum Gasteiger partial charge on any atom is 0.271 e. The van der Waals surface area contributed by atoms with E-state index in [0.717, 1.165) is 16.7 Å². The lowest BCUT2D eigenvalue weighted by molar-refractivity contribution is -0.384. The van der Waals surface area contributed by atoms with Gasteiger partial charge in [0.1, 0.15) is 18.1 Å². The van der Waals surface area contributed by atoms with E-state index < -0.39 is 10.8 Å². The number of hydrogen-bond acceptors (Lipinski definition) is 6. The lowest BCUT2D eigenvalue weighted by atomic mass is 10.1. The van der Waals surface area contributed by atoms with Crippen molar-refractivity contribution in [2.24, 2.45) is 5.10 Å². The zero-order valence-corrected chi connectivity index (χ0v) is 19.1. The van der Waals surface area contributed by atoms with Crippen LogP contribution in [0.2, 0.25) is 5.02 Å². The van der Waals surface area contributed by atoms with Gasteiger partial charge < -0.3 is 9.47 Å². The van der Waals surface area contributed by atoms with Gasteiger partial charge in [-0.05, 0) is 66.9 Å². The van der Waals surface area contributed by atoms with Crippen molar-refractivity contribution in [3.63, 3.8) is 0 Å². The molecule has 170 valence electrons. The normalized spacial score (nSPS) is 10.8. The van der Waals surface area contributed by atoms with Gasteiger partial charge in [-0.15, -0.1) is 0 Å². The zero-order valence-electron chi connectivity index (χ0n) is 18.3. The van der Waals surface area contributed by atoms with Crippen molar-refractivity contribution < 1.29 is 19.2 Å². The Morgan fingerprint density at radius 3 is 2.55 bits per heavy atom. The SMILES string of the molecule is COc1ccc(/C=N/NC(=O)c2cccc([N+](=O)[O-])c2)cc1COc1cc(C)c(Cl)c(C)c1. The number of aryl methyl sites for hydroxylation is 2. The fourth-order valence-corrected chi connectivity index (χ4v) is 3.24. The minimum Gasteiger partial charge on any atom is -0.496 e. The van der Waals surface area contributed by atoms with Crippen molar-refractivity contribution in [1.29, 1.82) is 0 Å². The van der Waals surface area contributed by atoms with Crippen LogP contribution < -0.4 is 14.9 Å². The third-order valence-corrected chi connectivity index (χ3v) is 5.40. The third-order valence-electron chi connectivity index (χ3n) is 4.81. The number of rotatable bonds is 8. The van der Waals surface area contributed by atoms with Gasteiger partial charge in [-0.3, -0.25) is 14.9 Å². The first-order valence-electron chi connectivity index (χ1n) is 9.93. The van der Waals surface area contributed by atoms with E-state index in [0.29, 0.717) is 22.1 Å². The number of halogens is 1. The van der Waals surface area contributed by atoms with E-state index >= 15 is 0 Å². The van der Waals surface area contributed by atoms with Crippen LogP contribution in [0.25, 0.3) is 0 Å². The zero-order chi connectivity index (χ0) is 24.0. The van der Waals surface area contributed by atoms with Crippen LogP contribution in [-0.2, 0) is 6.61 Å². The summed E-state index contributed by atoms with van der Waals surface area (Å²) < 4.78 is 11.3. The highest BCUT2D eigenvalue weighted by Crippen LogP contribution is 2.27. The molecule has 1 N–H and O–H groups in total. The molecule has 33 heavy (non-hydrogen) atoms. The van der Waals surface area contributed by atoms with Gasteiger partial charge >= 0.3 is 0 Å². The number of benzene rings is 3. The number of nitrogens with one attached hydrogen (secondary N) is 1. The summed E-state index contributed by atoms with van der Waals surface area (Å²) in [7, 11) is 1.57. The standard InChI is InChI=1S/C24H22ClN3O5/c1-15-9-21(10-16(2)23(15)25)33-14-19-11-17(7-8-22(19)32-3)13-26-27-24(29)18-5-4-6-20(12-18)28(30)31/h4-13H,14H2,1-3H3,(H,27,29)/b26-13+. The van der Waals surface area contributed by atoms with Crippen LogP contribution >= 0.6 is 11.6 Å². The third kappa shape index (κ3) is 6.08. The van der Waals surface area contributed by atoms with Crippen molar-refractivity contribution in [2.75, 3.05) is 7.11 Å². The number of carbonyl (C=O) groups is 1. The largest absolute Gasteiger partial charge is 0.496 e. The van der Waals surface area contributed by atoms with Gasteiger partial charge in [0.2, 0.25) is 0 Å². The molecule has 0 bridgehead atoms. The second kappa shape index (κ2) is 10.6. The Bertz CT molecular complexity index is 1200. The number of nitrogens with zero attached hydrogens (tertiary/aromatic N) is 2. The summed E-state index contributed by atoms with van der Waals surface area (Å²) in [6.45, 7) is 4.09. The second-order valence-electron chi connectivity index (χ2n) is 7.24. The van der Waals surface area contributed by atoms with Crippen LogP contribution in [0.5, 0.6) is 11.5 Å². The van der Waals surface area contributed by atoms with E-state index in [9.17, 15) is 14.9 Å². The Balaban J connectivity index is 1.70. The van der Waals surface area contributed by atoms with E-state index in [1.807, 2.05) is 32.0 Å². The number of non-ortho nitro benzene ring substituents is 1. The molecule has 0 aliphatic heterocycles. The van der Waals surface area contributed by atoms with E-state index in [-0.39, 0.29) is 17.9 Å². The molecule has 0 aliphatic rings. The number of hydrogen-bond donors (Lipinski definition) is 1. The average molecular weight is 468 g/mol.